The van der Waals surface area contributed by atoms with Crippen molar-refractivity contribution >= 4 is 18.4 Å². The molecule has 0 aliphatic carbocycles. The van der Waals surface area contributed by atoms with E-state index in [0.717, 1.165) is 5.56 Å². The van der Waals surface area contributed by atoms with Crippen LogP contribution in [0.2, 0.25) is 0 Å². The Balaban J connectivity index is 0.00000121. The van der Waals surface area contributed by atoms with Crippen LogP contribution in [0.25, 0.3) is 0 Å². The van der Waals surface area contributed by atoms with Gasteiger partial charge in [-0.1, -0.05) is 30.3 Å². The fraction of sp³-hybridized carbons (Fsp3) is 0.222. The standard InChI is InChI=1S/C9H10O2.ClH/c1-11-9(10)7-8-5-3-2-4-6-8;/h2-6H,7H2,1H3;1H. The van der Waals surface area contributed by atoms with Crippen LogP contribution < -0.4 is 0 Å². The van der Waals surface area contributed by atoms with Gasteiger partial charge in [0.1, 0.15) is 0 Å². The summed E-state index contributed by atoms with van der Waals surface area (Å²) >= 11 is 0. The number of halogens is 1. The van der Waals surface area contributed by atoms with Gasteiger partial charge in [-0.15, -0.1) is 12.4 Å². The summed E-state index contributed by atoms with van der Waals surface area (Å²) in [6.45, 7) is 0. The molecule has 0 radical (unpaired) electrons. The number of carbonyl (C=O) groups is 1. The van der Waals surface area contributed by atoms with Crippen molar-refractivity contribution < 1.29 is 9.53 Å². The number of benzene rings is 1. The number of methoxy groups -OCH3 is 1. The van der Waals surface area contributed by atoms with Gasteiger partial charge in [-0.05, 0) is 5.56 Å². The summed E-state index contributed by atoms with van der Waals surface area (Å²) in [6, 6.07) is 9.52. The van der Waals surface area contributed by atoms with Gasteiger partial charge in [0.15, 0.2) is 0 Å². The molecule has 2 nitrogen and oxygen atoms in total. The highest BCUT2D eigenvalue weighted by atomic mass is 35.5. The minimum atomic E-state index is -0.198. The third kappa shape index (κ3) is 3.39. The lowest BCUT2D eigenvalue weighted by atomic mass is 10.2. The van der Waals surface area contributed by atoms with Gasteiger partial charge in [0.05, 0.1) is 13.5 Å². The van der Waals surface area contributed by atoms with E-state index in [4.69, 9.17) is 0 Å². The second kappa shape index (κ2) is 5.61. The molecule has 0 atom stereocenters. The summed E-state index contributed by atoms with van der Waals surface area (Å²) in [4.78, 5) is 10.8. The first kappa shape index (κ1) is 11.0. The fourth-order valence-corrected chi connectivity index (χ4v) is 0.835. The SMILES string of the molecule is COC(=O)Cc1ccccc1.Cl. The average molecular weight is 187 g/mol. The van der Waals surface area contributed by atoms with Crippen LogP contribution in [0, 0.1) is 0 Å². The van der Waals surface area contributed by atoms with E-state index >= 15 is 0 Å². The lowest BCUT2D eigenvalue weighted by Crippen LogP contribution is -2.03. The number of carbonyl (C=O) groups excluding carboxylic acids is 1. The van der Waals surface area contributed by atoms with Crippen molar-refractivity contribution in [3.63, 3.8) is 0 Å². The van der Waals surface area contributed by atoms with Gasteiger partial charge in [-0.3, -0.25) is 4.79 Å². The van der Waals surface area contributed by atoms with Gasteiger partial charge in [-0.25, -0.2) is 0 Å². The molecular formula is C9H11ClO2. The Morgan fingerprint density at radius 3 is 2.42 bits per heavy atom. The van der Waals surface area contributed by atoms with Gasteiger partial charge in [-0.2, -0.15) is 0 Å². The molecule has 0 aliphatic rings. The summed E-state index contributed by atoms with van der Waals surface area (Å²) in [6.07, 6.45) is 0.358. The predicted octanol–water partition coefficient (Wildman–Crippen LogP) is 1.82. The Bertz CT molecular complexity index is 234. The molecule has 0 aliphatic heterocycles. The third-order valence-corrected chi connectivity index (χ3v) is 1.42. The lowest BCUT2D eigenvalue weighted by molar-refractivity contribution is -0.139. The predicted molar refractivity (Wildman–Crippen MR) is 49.4 cm³/mol. The van der Waals surface area contributed by atoms with E-state index in [1.165, 1.54) is 7.11 Å². The maximum absolute atomic E-state index is 10.8. The molecule has 12 heavy (non-hydrogen) atoms. The summed E-state index contributed by atoms with van der Waals surface area (Å²) in [5.41, 5.74) is 0.986. The van der Waals surface area contributed by atoms with E-state index < -0.39 is 0 Å². The third-order valence-electron chi connectivity index (χ3n) is 1.42. The minimum absolute atomic E-state index is 0. The van der Waals surface area contributed by atoms with Gasteiger partial charge < -0.3 is 4.74 Å². The first-order valence-electron chi connectivity index (χ1n) is 3.43. The monoisotopic (exact) mass is 186 g/mol. The van der Waals surface area contributed by atoms with Gasteiger partial charge in [0.2, 0.25) is 0 Å². The first-order valence-corrected chi connectivity index (χ1v) is 3.43. The van der Waals surface area contributed by atoms with Gasteiger partial charge in [0, 0.05) is 0 Å². The Labute approximate surface area is 78.0 Å². The van der Waals surface area contributed by atoms with E-state index in [9.17, 15) is 4.79 Å². The molecule has 3 heteroatoms. The molecule has 0 unspecified atom stereocenters. The summed E-state index contributed by atoms with van der Waals surface area (Å²) in [5, 5.41) is 0. The topological polar surface area (TPSA) is 26.3 Å². The van der Waals surface area contributed by atoms with E-state index in [1.807, 2.05) is 30.3 Å². The van der Waals surface area contributed by atoms with Crippen molar-refractivity contribution in [2.75, 3.05) is 7.11 Å². The van der Waals surface area contributed by atoms with E-state index in [0.29, 0.717) is 6.42 Å². The quantitative estimate of drug-likeness (QED) is 0.659. The lowest BCUT2D eigenvalue weighted by Gasteiger charge is -1.97. The van der Waals surface area contributed by atoms with Crippen LogP contribution in [0.5, 0.6) is 0 Å². The molecule has 0 spiro atoms. The maximum atomic E-state index is 10.8. The smallest absolute Gasteiger partial charge is 0.309 e. The van der Waals surface area contributed by atoms with Crippen molar-refractivity contribution in [1.29, 1.82) is 0 Å². The molecular weight excluding hydrogens is 176 g/mol. The van der Waals surface area contributed by atoms with Crippen molar-refractivity contribution in [2.24, 2.45) is 0 Å². The normalized spacial score (nSPS) is 8.42. The van der Waals surface area contributed by atoms with Gasteiger partial charge >= 0.3 is 5.97 Å². The Hall–Kier alpha value is -1.02. The van der Waals surface area contributed by atoms with E-state index in [2.05, 4.69) is 4.74 Å². The molecule has 0 N–H and O–H groups in total. The van der Waals surface area contributed by atoms with Crippen LogP contribution >= 0.6 is 12.4 Å². The molecule has 0 bridgehead atoms. The molecule has 1 aromatic carbocycles. The largest absolute Gasteiger partial charge is 0.469 e. The molecule has 0 saturated heterocycles. The fourth-order valence-electron chi connectivity index (χ4n) is 0.835. The highest BCUT2D eigenvalue weighted by molar-refractivity contribution is 5.85. The molecule has 0 heterocycles. The summed E-state index contributed by atoms with van der Waals surface area (Å²) < 4.78 is 4.52. The van der Waals surface area contributed by atoms with Crippen LogP contribution in [-0.2, 0) is 16.0 Å². The number of hydrogen-bond acceptors (Lipinski definition) is 2. The van der Waals surface area contributed by atoms with Crippen LogP contribution in [0.3, 0.4) is 0 Å². The molecule has 0 amide bonds. The Kier molecular flexibility index (Phi) is 5.13. The van der Waals surface area contributed by atoms with Crippen molar-refractivity contribution in [3.8, 4) is 0 Å². The summed E-state index contributed by atoms with van der Waals surface area (Å²) in [5.74, 6) is -0.198. The zero-order valence-corrected chi connectivity index (χ0v) is 7.64. The number of hydrogen-bond donors (Lipinski definition) is 0. The molecule has 1 rings (SSSR count). The maximum Gasteiger partial charge on any atom is 0.309 e. The number of rotatable bonds is 2. The first-order chi connectivity index (χ1) is 5.33. The van der Waals surface area contributed by atoms with Crippen LogP contribution in [-0.4, -0.2) is 13.1 Å². The summed E-state index contributed by atoms with van der Waals surface area (Å²) in [7, 11) is 1.39. The molecule has 0 aromatic heterocycles. The number of ether oxygens (including phenoxy) is 1. The molecule has 0 fully saturated rings. The highest BCUT2D eigenvalue weighted by Gasteiger charge is 1.99. The second-order valence-corrected chi connectivity index (χ2v) is 2.24. The van der Waals surface area contributed by atoms with E-state index in [-0.39, 0.29) is 18.4 Å². The molecule has 1 aromatic rings. The van der Waals surface area contributed by atoms with Crippen LogP contribution in [0.1, 0.15) is 5.56 Å². The Morgan fingerprint density at radius 2 is 1.92 bits per heavy atom. The van der Waals surface area contributed by atoms with Crippen molar-refractivity contribution in [3.05, 3.63) is 35.9 Å². The Morgan fingerprint density at radius 1 is 1.33 bits per heavy atom. The van der Waals surface area contributed by atoms with Gasteiger partial charge in [0.25, 0.3) is 0 Å². The molecule has 0 saturated carbocycles. The zero-order valence-electron chi connectivity index (χ0n) is 6.82. The number of esters is 1. The van der Waals surface area contributed by atoms with Crippen LogP contribution in [0.4, 0.5) is 0 Å². The zero-order chi connectivity index (χ0) is 8.10. The minimum Gasteiger partial charge on any atom is -0.469 e. The highest BCUT2D eigenvalue weighted by Crippen LogP contribution is 1.99. The van der Waals surface area contributed by atoms with Crippen molar-refractivity contribution in [2.45, 2.75) is 6.42 Å². The van der Waals surface area contributed by atoms with Crippen LogP contribution in [0.15, 0.2) is 30.3 Å². The van der Waals surface area contributed by atoms with Crippen molar-refractivity contribution in [1.82, 2.24) is 0 Å². The second-order valence-electron chi connectivity index (χ2n) is 2.24. The van der Waals surface area contributed by atoms with E-state index in [1.54, 1.807) is 0 Å². The molecule has 66 valence electrons. The average Bonchev–Trinajstić information content (AvgIpc) is 2.06.